The number of nitrogens with two attached hydrogens (primary N) is 1. The molecule has 0 bridgehead atoms. The molecule has 0 saturated carbocycles. The second-order valence-electron chi connectivity index (χ2n) is 8.64. The fourth-order valence-corrected chi connectivity index (χ4v) is 3.68. The van der Waals surface area contributed by atoms with E-state index in [0.29, 0.717) is 41.4 Å². The van der Waals surface area contributed by atoms with Gasteiger partial charge in [-0.1, -0.05) is 6.07 Å². The molecule has 2 N–H and O–H groups in total. The van der Waals surface area contributed by atoms with Crippen LogP contribution in [0.15, 0.2) is 30.3 Å². The topological polar surface area (TPSA) is 78.6 Å². The minimum atomic E-state index is -0.879. The van der Waals surface area contributed by atoms with E-state index >= 15 is 0 Å². The molecule has 1 heterocycles. The van der Waals surface area contributed by atoms with E-state index in [1.165, 1.54) is 0 Å². The standard InChI is InChI=1S/C23H29N2O4/c1-14-11-15(2)13-17(12-14)21(26)25(24,23(4,5)6)22(27)18-7-8-19-20(16(18)3)29-10-9-28-19/h7-8,11-13H,9-10,24H2,1-6H3/q+1. The molecule has 6 heteroatoms. The minimum Gasteiger partial charge on any atom is -0.486 e. The monoisotopic (exact) mass is 397 g/mol. The van der Waals surface area contributed by atoms with Crippen molar-refractivity contribution in [3.8, 4) is 11.5 Å². The number of amides is 2. The Balaban J connectivity index is 2.14. The van der Waals surface area contributed by atoms with Crippen LogP contribution in [0.1, 0.15) is 58.2 Å². The molecule has 1 aliphatic heterocycles. The first kappa shape index (κ1) is 21.0. The molecule has 1 atom stereocenters. The molecule has 0 radical (unpaired) electrons. The number of hydrogen-bond donors (Lipinski definition) is 1. The molecule has 2 aromatic carbocycles. The van der Waals surface area contributed by atoms with Gasteiger partial charge in [-0.05, 0) is 76.9 Å². The largest absolute Gasteiger partial charge is 0.486 e. The maximum Gasteiger partial charge on any atom is 0.373 e. The number of quaternary nitrogens is 1. The number of hydrogen-bond acceptors (Lipinski definition) is 5. The first-order valence-corrected chi connectivity index (χ1v) is 9.72. The fourth-order valence-electron chi connectivity index (χ4n) is 3.68. The third-order valence-electron chi connectivity index (χ3n) is 5.35. The summed E-state index contributed by atoms with van der Waals surface area (Å²) in [4.78, 5) is 27.3. The molecule has 3 rings (SSSR count). The Morgan fingerprint density at radius 2 is 1.52 bits per heavy atom. The van der Waals surface area contributed by atoms with Gasteiger partial charge in [0.2, 0.25) is 0 Å². The molecule has 2 aromatic rings. The molecule has 0 fully saturated rings. The molecule has 0 aromatic heterocycles. The van der Waals surface area contributed by atoms with Gasteiger partial charge in [-0.3, -0.25) is 0 Å². The zero-order valence-corrected chi connectivity index (χ0v) is 18.0. The van der Waals surface area contributed by atoms with Crippen LogP contribution in [0.2, 0.25) is 0 Å². The second-order valence-corrected chi connectivity index (χ2v) is 8.64. The summed E-state index contributed by atoms with van der Waals surface area (Å²) in [6.07, 6.45) is 0. The van der Waals surface area contributed by atoms with Gasteiger partial charge in [-0.25, -0.2) is 9.59 Å². The Hall–Kier alpha value is -2.70. The van der Waals surface area contributed by atoms with E-state index in [1.807, 2.05) is 19.9 Å². The third kappa shape index (κ3) is 3.54. The fraction of sp³-hybridized carbons (Fsp3) is 0.391. The van der Waals surface area contributed by atoms with Crippen molar-refractivity contribution < 1.29 is 23.7 Å². The van der Waals surface area contributed by atoms with Crippen LogP contribution in [-0.2, 0) is 0 Å². The highest BCUT2D eigenvalue weighted by Crippen LogP contribution is 2.37. The Morgan fingerprint density at radius 3 is 2.10 bits per heavy atom. The summed E-state index contributed by atoms with van der Waals surface area (Å²) >= 11 is 0. The van der Waals surface area contributed by atoms with Gasteiger partial charge in [0.15, 0.2) is 11.5 Å². The quantitative estimate of drug-likeness (QED) is 0.274. The number of ether oxygens (including phenoxy) is 2. The normalized spacial score (nSPS) is 15.6. The number of rotatable bonds is 2. The lowest BCUT2D eigenvalue weighted by Crippen LogP contribution is -2.71. The summed E-state index contributed by atoms with van der Waals surface area (Å²) in [5.41, 5.74) is 2.41. The first-order valence-electron chi connectivity index (χ1n) is 9.72. The van der Waals surface area contributed by atoms with E-state index in [0.717, 1.165) is 11.1 Å². The number of imide groups is 1. The Labute approximate surface area is 171 Å². The van der Waals surface area contributed by atoms with Gasteiger partial charge in [-0.2, -0.15) is 5.84 Å². The smallest absolute Gasteiger partial charge is 0.373 e. The predicted octanol–water partition coefficient (Wildman–Crippen LogP) is 3.85. The van der Waals surface area contributed by atoms with Crippen molar-refractivity contribution in [1.29, 1.82) is 0 Å². The van der Waals surface area contributed by atoms with Crippen LogP contribution in [0.25, 0.3) is 0 Å². The van der Waals surface area contributed by atoms with Gasteiger partial charge in [0.1, 0.15) is 18.8 Å². The zero-order chi connectivity index (χ0) is 21.6. The lowest BCUT2D eigenvalue weighted by molar-refractivity contribution is -0.829. The molecule has 0 saturated heterocycles. The SMILES string of the molecule is Cc1cc(C)cc(C(=O)[N+](N)(C(=O)c2ccc3c(c2C)OCCO3)C(C)(C)C)c1. The maximum absolute atomic E-state index is 13.7. The number of aryl methyl sites for hydroxylation is 2. The molecule has 29 heavy (non-hydrogen) atoms. The van der Waals surface area contributed by atoms with E-state index in [9.17, 15) is 9.59 Å². The molecule has 0 spiro atoms. The average Bonchev–Trinajstić information content (AvgIpc) is 2.65. The third-order valence-corrected chi connectivity index (χ3v) is 5.35. The van der Waals surface area contributed by atoms with E-state index in [1.54, 1.807) is 52.0 Å². The van der Waals surface area contributed by atoms with Crippen molar-refractivity contribution in [2.24, 2.45) is 5.84 Å². The molecular weight excluding hydrogens is 368 g/mol. The Morgan fingerprint density at radius 1 is 0.931 bits per heavy atom. The summed E-state index contributed by atoms with van der Waals surface area (Å²) in [7, 11) is 0. The summed E-state index contributed by atoms with van der Waals surface area (Å²) in [6.45, 7) is 11.9. The van der Waals surface area contributed by atoms with Gasteiger partial charge in [0, 0.05) is 5.56 Å². The molecule has 0 aliphatic carbocycles. The van der Waals surface area contributed by atoms with Crippen LogP contribution in [0.5, 0.6) is 11.5 Å². The second kappa shape index (κ2) is 7.28. The van der Waals surface area contributed by atoms with Crippen LogP contribution in [0.4, 0.5) is 0 Å². The number of benzene rings is 2. The predicted molar refractivity (Wildman–Crippen MR) is 111 cm³/mol. The highest BCUT2D eigenvalue weighted by molar-refractivity contribution is 6.03. The summed E-state index contributed by atoms with van der Waals surface area (Å²) in [5.74, 6) is 6.84. The summed E-state index contributed by atoms with van der Waals surface area (Å²) in [5, 5.41) is 0. The lowest BCUT2D eigenvalue weighted by atomic mass is 9.96. The highest BCUT2D eigenvalue weighted by atomic mass is 16.6. The van der Waals surface area contributed by atoms with Gasteiger partial charge in [0.05, 0.1) is 11.1 Å². The molecule has 6 nitrogen and oxygen atoms in total. The number of carbonyl (C=O) groups excluding carboxylic acids is 2. The summed E-state index contributed by atoms with van der Waals surface area (Å²) in [6, 6.07) is 8.87. The van der Waals surface area contributed by atoms with Crippen LogP contribution in [0.3, 0.4) is 0 Å². The van der Waals surface area contributed by atoms with Crippen LogP contribution < -0.4 is 15.3 Å². The molecule has 2 amide bonds. The van der Waals surface area contributed by atoms with Gasteiger partial charge >= 0.3 is 11.8 Å². The summed E-state index contributed by atoms with van der Waals surface area (Å²) < 4.78 is 10.4. The van der Waals surface area contributed by atoms with Crippen molar-refractivity contribution in [3.63, 3.8) is 0 Å². The van der Waals surface area contributed by atoms with E-state index in [4.69, 9.17) is 15.3 Å². The van der Waals surface area contributed by atoms with Crippen LogP contribution in [-0.4, -0.2) is 35.2 Å². The first-order chi connectivity index (χ1) is 13.5. The molecule has 1 unspecified atom stereocenters. The number of carbonyl (C=O) groups is 2. The van der Waals surface area contributed by atoms with Crippen molar-refractivity contribution in [2.45, 2.75) is 47.1 Å². The Bertz CT molecular complexity index is 971. The number of nitrogens with zero attached hydrogens (tertiary/aromatic N) is 1. The van der Waals surface area contributed by atoms with Crippen molar-refractivity contribution in [3.05, 3.63) is 58.1 Å². The van der Waals surface area contributed by atoms with E-state index in [-0.39, 0.29) is 0 Å². The average molecular weight is 397 g/mol. The van der Waals surface area contributed by atoms with Gasteiger partial charge in [0.25, 0.3) is 0 Å². The Kier molecular flexibility index (Phi) is 5.28. The molecule has 154 valence electrons. The zero-order valence-electron chi connectivity index (χ0n) is 18.0. The van der Waals surface area contributed by atoms with Crippen LogP contribution in [0, 0.1) is 20.8 Å². The van der Waals surface area contributed by atoms with Gasteiger partial charge < -0.3 is 9.47 Å². The van der Waals surface area contributed by atoms with Crippen molar-refractivity contribution >= 4 is 11.8 Å². The lowest BCUT2D eigenvalue weighted by Gasteiger charge is -2.39. The van der Waals surface area contributed by atoms with E-state index < -0.39 is 21.9 Å². The minimum absolute atomic E-state index is 0.351. The molecular formula is C23H29N2O4+. The maximum atomic E-state index is 13.7. The van der Waals surface area contributed by atoms with Crippen LogP contribution >= 0.6 is 0 Å². The number of fused-ring (bicyclic) bond motifs is 1. The van der Waals surface area contributed by atoms with E-state index in [2.05, 4.69) is 0 Å². The van der Waals surface area contributed by atoms with Crippen molar-refractivity contribution in [1.82, 2.24) is 0 Å². The highest BCUT2D eigenvalue weighted by Gasteiger charge is 2.53. The van der Waals surface area contributed by atoms with Gasteiger partial charge in [-0.15, -0.1) is 4.59 Å². The van der Waals surface area contributed by atoms with Crippen molar-refractivity contribution in [2.75, 3.05) is 13.2 Å². The molecule has 1 aliphatic rings.